The topological polar surface area (TPSA) is 72.5 Å². The van der Waals surface area contributed by atoms with Crippen molar-refractivity contribution in [3.05, 3.63) is 53.6 Å². The van der Waals surface area contributed by atoms with E-state index in [0.29, 0.717) is 11.4 Å². The summed E-state index contributed by atoms with van der Waals surface area (Å²) in [7, 11) is -1.84. The molecule has 0 bridgehead atoms. The van der Waals surface area contributed by atoms with E-state index in [2.05, 4.69) is 5.32 Å². The Kier molecular flexibility index (Phi) is 4.51. The predicted octanol–water partition coefficient (Wildman–Crippen LogP) is 2.66. The van der Waals surface area contributed by atoms with Gasteiger partial charge in [0.15, 0.2) is 9.84 Å². The Bertz CT molecular complexity index is 813. The SMILES string of the molecule is COc1ccc(C)cc1NC(=O)c1cccc(S(C)(=O)=O)c1. The van der Waals surface area contributed by atoms with Gasteiger partial charge in [0.25, 0.3) is 5.91 Å². The summed E-state index contributed by atoms with van der Waals surface area (Å²) in [5, 5.41) is 2.74. The maximum Gasteiger partial charge on any atom is 0.255 e. The van der Waals surface area contributed by atoms with Gasteiger partial charge in [0, 0.05) is 11.8 Å². The molecule has 0 atom stereocenters. The molecule has 2 aromatic carbocycles. The number of carbonyl (C=O) groups is 1. The van der Waals surface area contributed by atoms with Crippen LogP contribution in [0.4, 0.5) is 5.69 Å². The molecular formula is C16H17NO4S. The van der Waals surface area contributed by atoms with Gasteiger partial charge in [-0.25, -0.2) is 8.42 Å². The molecule has 0 unspecified atom stereocenters. The second-order valence-electron chi connectivity index (χ2n) is 4.96. The third kappa shape index (κ3) is 3.65. The normalized spacial score (nSPS) is 11.0. The van der Waals surface area contributed by atoms with Crippen molar-refractivity contribution in [1.82, 2.24) is 0 Å². The number of hydrogen-bond acceptors (Lipinski definition) is 4. The van der Waals surface area contributed by atoms with Crippen molar-refractivity contribution in [3.63, 3.8) is 0 Å². The molecule has 0 saturated heterocycles. The van der Waals surface area contributed by atoms with Gasteiger partial charge in [-0.2, -0.15) is 0 Å². The van der Waals surface area contributed by atoms with Gasteiger partial charge in [-0.05, 0) is 42.8 Å². The minimum atomic E-state index is -3.36. The van der Waals surface area contributed by atoms with Crippen LogP contribution in [0.25, 0.3) is 0 Å². The fraction of sp³-hybridized carbons (Fsp3) is 0.188. The summed E-state index contributed by atoms with van der Waals surface area (Å²) in [6.45, 7) is 1.90. The maximum absolute atomic E-state index is 12.3. The molecule has 1 N–H and O–H groups in total. The second kappa shape index (κ2) is 6.19. The highest BCUT2D eigenvalue weighted by Crippen LogP contribution is 2.26. The molecule has 0 fully saturated rings. The number of rotatable bonds is 4. The number of amides is 1. The zero-order chi connectivity index (χ0) is 16.3. The van der Waals surface area contributed by atoms with E-state index in [1.54, 1.807) is 24.3 Å². The van der Waals surface area contributed by atoms with Crippen LogP contribution >= 0.6 is 0 Å². The van der Waals surface area contributed by atoms with Gasteiger partial charge in [0.05, 0.1) is 17.7 Å². The third-order valence-electron chi connectivity index (χ3n) is 3.13. The predicted molar refractivity (Wildman–Crippen MR) is 85.2 cm³/mol. The Labute approximate surface area is 129 Å². The quantitative estimate of drug-likeness (QED) is 0.940. The molecule has 2 aromatic rings. The molecule has 0 aliphatic heterocycles. The highest BCUT2D eigenvalue weighted by atomic mass is 32.2. The van der Waals surface area contributed by atoms with Crippen LogP contribution in [0.1, 0.15) is 15.9 Å². The number of sulfone groups is 1. The Balaban J connectivity index is 2.32. The lowest BCUT2D eigenvalue weighted by Crippen LogP contribution is -2.13. The van der Waals surface area contributed by atoms with Crippen LogP contribution in [-0.2, 0) is 9.84 Å². The lowest BCUT2D eigenvalue weighted by molar-refractivity contribution is 0.102. The van der Waals surface area contributed by atoms with E-state index in [0.717, 1.165) is 11.8 Å². The van der Waals surface area contributed by atoms with E-state index in [1.807, 2.05) is 13.0 Å². The summed E-state index contributed by atoms with van der Waals surface area (Å²) in [6.07, 6.45) is 1.10. The summed E-state index contributed by atoms with van der Waals surface area (Å²) in [4.78, 5) is 12.4. The van der Waals surface area contributed by atoms with Gasteiger partial charge in [-0.1, -0.05) is 12.1 Å². The summed E-state index contributed by atoms with van der Waals surface area (Å²) in [5.41, 5.74) is 1.78. The van der Waals surface area contributed by atoms with Gasteiger partial charge in [-0.15, -0.1) is 0 Å². The van der Waals surface area contributed by atoms with Crippen LogP contribution in [0.3, 0.4) is 0 Å². The van der Waals surface area contributed by atoms with Crippen LogP contribution in [0.2, 0.25) is 0 Å². The van der Waals surface area contributed by atoms with Gasteiger partial charge in [0.1, 0.15) is 5.75 Å². The van der Waals surface area contributed by atoms with Gasteiger partial charge in [0.2, 0.25) is 0 Å². The molecule has 1 amide bonds. The Hall–Kier alpha value is -2.34. The van der Waals surface area contributed by atoms with Crippen molar-refractivity contribution in [1.29, 1.82) is 0 Å². The molecule has 6 heteroatoms. The number of hydrogen-bond donors (Lipinski definition) is 1. The van der Waals surface area contributed by atoms with E-state index in [-0.39, 0.29) is 10.5 Å². The van der Waals surface area contributed by atoms with Crippen molar-refractivity contribution >= 4 is 21.4 Å². The van der Waals surface area contributed by atoms with E-state index < -0.39 is 15.7 Å². The monoisotopic (exact) mass is 319 g/mol. The Morgan fingerprint density at radius 3 is 2.50 bits per heavy atom. The van der Waals surface area contributed by atoms with Crippen LogP contribution < -0.4 is 10.1 Å². The van der Waals surface area contributed by atoms with E-state index in [4.69, 9.17) is 4.74 Å². The van der Waals surface area contributed by atoms with E-state index in [9.17, 15) is 13.2 Å². The smallest absolute Gasteiger partial charge is 0.255 e. The molecule has 0 aromatic heterocycles. The molecule has 116 valence electrons. The van der Waals surface area contributed by atoms with Gasteiger partial charge in [-0.3, -0.25) is 4.79 Å². The number of aryl methyl sites for hydroxylation is 1. The molecule has 0 radical (unpaired) electrons. The van der Waals surface area contributed by atoms with Crippen LogP contribution in [0, 0.1) is 6.92 Å². The largest absolute Gasteiger partial charge is 0.495 e. The molecule has 0 aliphatic carbocycles. The molecule has 22 heavy (non-hydrogen) atoms. The van der Waals surface area contributed by atoms with Crippen molar-refractivity contribution in [2.75, 3.05) is 18.7 Å². The third-order valence-corrected chi connectivity index (χ3v) is 4.24. The molecule has 0 spiro atoms. The number of anilines is 1. The summed E-state index contributed by atoms with van der Waals surface area (Å²) >= 11 is 0. The standard InChI is InChI=1S/C16H17NO4S/c1-11-7-8-15(21-2)14(9-11)17-16(18)12-5-4-6-13(10-12)22(3,19)20/h4-10H,1-3H3,(H,17,18). The Morgan fingerprint density at radius 2 is 1.86 bits per heavy atom. The van der Waals surface area contributed by atoms with Gasteiger partial charge < -0.3 is 10.1 Å². The highest BCUT2D eigenvalue weighted by molar-refractivity contribution is 7.90. The number of benzene rings is 2. The van der Waals surface area contributed by atoms with Crippen molar-refractivity contribution in [2.45, 2.75) is 11.8 Å². The van der Waals surface area contributed by atoms with Crippen LogP contribution in [0.15, 0.2) is 47.4 Å². The first-order valence-electron chi connectivity index (χ1n) is 6.57. The van der Waals surface area contributed by atoms with Gasteiger partial charge >= 0.3 is 0 Å². The van der Waals surface area contributed by atoms with E-state index >= 15 is 0 Å². The number of methoxy groups -OCH3 is 1. The molecular weight excluding hydrogens is 302 g/mol. The number of nitrogens with one attached hydrogen (secondary N) is 1. The zero-order valence-electron chi connectivity index (χ0n) is 12.6. The number of carbonyl (C=O) groups excluding carboxylic acids is 1. The molecule has 2 rings (SSSR count). The van der Waals surface area contributed by atoms with Crippen molar-refractivity contribution in [2.24, 2.45) is 0 Å². The second-order valence-corrected chi connectivity index (χ2v) is 6.97. The van der Waals surface area contributed by atoms with Crippen molar-refractivity contribution < 1.29 is 17.9 Å². The maximum atomic E-state index is 12.3. The summed E-state index contributed by atoms with van der Waals surface area (Å²) in [5.74, 6) is 0.146. The first-order chi connectivity index (χ1) is 10.3. The number of ether oxygens (including phenoxy) is 1. The summed E-state index contributed by atoms with van der Waals surface area (Å²) in [6, 6.07) is 11.3. The minimum Gasteiger partial charge on any atom is -0.495 e. The average molecular weight is 319 g/mol. The van der Waals surface area contributed by atoms with Crippen LogP contribution in [0.5, 0.6) is 5.75 Å². The molecule has 0 heterocycles. The first kappa shape index (κ1) is 16.0. The Morgan fingerprint density at radius 1 is 1.14 bits per heavy atom. The minimum absolute atomic E-state index is 0.108. The van der Waals surface area contributed by atoms with E-state index in [1.165, 1.54) is 19.2 Å². The molecule has 0 saturated carbocycles. The van der Waals surface area contributed by atoms with Crippen molar-refractivity contribution in [3.8, 4) is 5.75 Å². The average Bonchev–Trinajstić information content (AvgIpc) is 2.47. The lowest BCUT2D eigenvalue weighted by atomic mass is 10.1. The summed E-state index contributed by atoms with van der Waals surface area (Å²) < 4.78 is 28.3. The molecule has 0 aliphatic rings. The first-order valence-corrected chi connectivity index (χ1v) is 8.46. The van der Waals surface area contributed by atoms with Crippen LogP contribution in [-0.4, -0.2) is 27.7 Å². The zero-order valence-corrected chi connectivity index (χ0v) is 13.4. The fourth-order valence-corrected chi connectivity index (χ4v) is 2.65. The lowest BCUT2D eigenvalue weighted by Gasteiger charge is -2.11. The fourth-order valence-electron chi connectivity index (χ4n) is 1.98. The molecule has 5 nitrogen and oxygen atoms in total. The highest BCUT2D eigenvalue weighted by Gasteiger charge is 2.13.